The van der Waals surface area contributed by atoms with E-state index in [2.05, 4.69) is 48.5 Å². The molecule has 0 aromatic carbocycles. The Bertz CT molecular complexity index is 1920. The fourth-order valence-corrected chi connectivity index (χ4v) is 13.9. The second kappa shape index (κ2) is 70.4. The zero-order valence-electron chi connectivity index (χ0n) is 65.0. The largest absolute Gasteiger partial charge is 0.472 e. The molecule has 0 saturated heterocycles. The van der Waals surface area contributed by atoms with Gasteiger partial charge in [0.1, 0.15) is 19.3 Å². The Balaban J connectivity index is 5.25. The van der Waals surface area contributed by atoms with Gasteiger partial charge in [-0.1, -0.05) is 363 Å². The lowest BCUT2D eigenvalue weighted by Crippen LogP contribution is -2.30. The maximum absolute atomic E-state index is 13.1. The lowest BCUT2D eigenvalue weighted by Gasteiger charge is -2.21. The molecule has 19 heteroatoms. The van der Waals surface area contributed by atoms with Crippen molar-refractivity contribution in [3.63, 3.8) is 0 Å². The Kier molecular flexibility index (Phi) is 69.0. The third-order valence-electron chi connectivity index (χ3n) is 18.6. The number of unbranched alkanes of at least 4 members (excludes halogenated alkanes) is 46. The molecule has 99 heavy (non-hydrogen) atoms. The highest BCUT2D eigenvalue weighted by molar-refractivity contribution is 7.47. The summed E-state index contributed by atoms with van der Waals surface area (Å²) in [6, 6.07) is 0. The first-order valence-electron chi connectivity index (χ1n) is 41.3. The topological polar surface area (TPSA) is 237 Å². The maximum Gasteiger partial charge on any atom is 0.472 e. The van der Waals surface area contributed by atoms with E-state index in [1.165, 1.54) is 218 Å². The average molecular weight is 1450 g/mol. The standard InChI is InChI=1S/C80H156O17P2/c1-8-9-10-11-12-13-14-15-16-17-18-19-22-29-34-41-49-56-63-79(84)96-75(67-90-77(82)61-54-47-40-33-28-23-20-21-26-31-37-44-51-58-71(2)3)69-94-98(86,87)92-65-74(81)66-93-99(88,89)95-70-76(68-91-78(83)62-55-48-43-36-39-46-53-60-73(6)7)97-80(85)64-57-50-42-35-30-25-24-27-32-38-45-52-59-72(4)5/h71-76,81H,8-70H2,1-7H3,(H,86,87)(H,88,89)/t74-,75-,76-/m1/s1. The van der Waals surface area contributed by atoms with Gasteiger partial charge in [0.05, 0.1) is 26.4 Å². The van der Waals surface area contributed by atoms with Gasteiger partial charge in [0.15, 0.2) is 12.2 Å². The van der Waals surface area contributed by atoms with E-state index in [4.69, 9.17) is 37.0 Å². The highest BCUT2D eigenvalue weighted by atomic mass is 31.2. The van der Waals surface area contributed by atoms with Gasteiger partial charge in [-0.05, 0) is 43.4 Å². The van der Waals surface area contributed by atoms with Crippen molar-refractivity contribution in [1.29, 1.82) is 0 Å². The van der Waals surface area contributed by atoms with Crippen molar-refractivity contribution in [2.75, 3.05) is 39.6 Å². The van der Waals surface area contributed by atoms with Crippen molar-refractivity contribution in [3.05, 3.63) is 0 Å². The third kappa shape index (κ3) is 74.1. The second-order valence-corrected chi connectivity index (χ2v) is 33.1. The molecule has 0 rings (SSSR count). The highest BCUT2D eigenvalue weighted by Crippen LogP contribution is 2.45. The minimum atomic E-state index is -4.96. The average Bonchev–Trinajstić information content (AvgIpc) is 0.957. The number of aliphatic hydroxyl groups excluding tert-OH is 1. The number of hydrogen-bond acceptors (Lipinski definition) is 15. The van der Waals surface area contributed by atoms with E-state index >= 15 is 0 Å². The fourth-order valence-electron chi connectivity index (χ4n) is 12.3. The van der Waals surface area contributed by atoms with Crippen LogP contribution in [0, 0.1) is 17.8 Å². The minimum Gasteiger partial charge on any atom is -0.462 e. The van der Waals surface area contributed by atoms with Crippen molar-refractivity contribution < 1.29 is 80.2 Å². The molecule has 0 bridgehead atoms. The van der Waals surface area contributed by atoms with E-state index in [1.807, 2.05) is 0 Å². The Hall–Kier alpha value is -1.94. The smallest absolute Gasteiger partial charge is 0.462 e. The molecular formula is C80H156O17P2. The molecule has 0 saturated carbocycles. The van der Waals surface area contributed by atoms with Crippen LogP contribution in [0.1, 0.15) is 414 Å². The summed E-state index contributed by atoms with van der Waals surface area (Å²) in [5.74, 6) is 0.160. The molecule has 0 spiro atoms. The van der Waals surface area contributed by atoms with Crippen molar-refractivity contribution in [3.8, 4) is 0 Å². The van der Waals surface area contributed by atoms with Crippen LogP contribution < -0.4 is 0 Å². The van der Waals surface area contributed by atoms with Crippen LogP contribution in [0.15, 0.2) is 0 Å². The summed E-state index contributed by atoms with van der Waals surface area (Å²) in [6.45, 7) is 11.9. The minimum absolute atomic E-state index is 0.106. The lowest BCUT2D eigenvalue weighted by molar-refractivity contribution is -0.161. The van der Waals surface area contributed by atoms with Crippen LogP contribution in [0.3, 0.4) is 0 Å². The summed E-state index contributed by atoms with van der Waals surface area (Å²) in [7, 11) is -9.92. The Morgan fingerprint density at radius 2 is 0.465 bits per heavy atom. The Morgan fingerprint density at radius 1 is 0.273 bits per heavy atom. The molecule has 0 amide bonds. The Labute approximate surface area is 607 Å². The van der Waals surface area contributed by atoms with Gasteiger partial charge in [0.25, 0.3) is 0 Å². The number of aliphatic hydroxyl groups is 1. The molecule has 588 valence electrons. The van der Waals surface area contributed by atoms with E-state index in [1.54, 1.807) is 0 Å². The molecule has 0 radical (unpaired) electrons. The first-order chi connectivity index (χ1) is 47.7. The molecule has 2 unspecified atom stereocenters. The number of rotatable bonds is 78. The summed E-state index contributed by atoms with van der Waals surface area (Å²) < 4.78 is 68.7. The molecule has 0 aliphatic heterocycles. The summed E-state index contributed by atoms with van der Waals surface area (Å²) >= 11 is 0. The van der Waals surface area contributed by atoms with Crippen molar-refractivity contribution in [1.82, 2.24) is 0 Å². The van der Waals surface area contributed by atoms with Crippen LogP contribution in [0.2, 0.25) is 0 Å². The summed E-state index contributed by atoms with van der Waals surface area (Å²) in [5.41, 5.74) is 0. The predicted molar refractivity (Wildman–Crippen MR) is 405 cm³/mol. The number of phosphoric acid groups is 2. The molecule has 3 N–H and O–H groups in total. The zero-order chi connectivity index (χ0) is 73.0. The molecule has 0 fully saturated rings. The molecule has 5 atom stereocenters. The SMILES string of the molecule is CCCCCCCCCCCCCCCCCCCCC(=O)O[C@H](COC(=O)CCCCCCCCCCCCCCCC(C)C)COP(=O)(O)OC[C@@H](O)COP(=O)(O)OC[C@@H](COC(=O)CCCCCCCCCC(C)C)OC(=O)CCCCCCCCCCCCCCC(C)C. The quantitative estimate of drug-likeness (QED) is 0.0222. The van der Waals surface area contributed by atoms with Gasteiger partial charge in [-0.15, -0.1) is 0 Å². The van der Waals surface area contributed by atoms with Crippen molar-refractivity contribution in [2.24, 2.45) is 17.8 Å². The lowest BCUT2D eigenvalue weighted by atomic mass is 10.0. The second-order valence-electron chi connectivity index (χ2n) is 30.2. The fraction of sp³-hybridized carbons (Fsp3) is 0.950. The van der Waals surface area contributed by atoms with Gasteiger partial charge in [-0.3, -0.25) is 37.3 Å². The third-order valence-corrected chi connectivity index (χ3v) is 20.5. The van der Waals surface area contributed by atoms with Crippen molar-refractivity contribution >= 4 is 39.5 Å². The summed E-state index contributed by atoms with van der Waals surface area (Å²) in [5, 5.41) is 10.6. The molecule has 0 aliphatic carbocycles. The number of phosphoric ester groups is 2. The van der Waals surface area contributed by atoms with Crippen molar-refractivity contribution in [2.45, 2.75) is 433 Å². The van der Waals surface area contributed by atoms with Crippen LogP contribution in [0.4, 0.5) is 0 Å². The summed E-state index contributed by atoms with van der Waals surface area (Å²) in [6.07, 6.45) is 58.3. The molecule has 0 heterocycles. The number of hydrogen-bond donors (Lipinski definition) is 3. The van der Waals surface area contributed by atoms with Gasteiger partial charge < -0.3 is 33.8 Å². The van der Waals surface area contributed by atoms with E-state index in [0.29, 0.717) is 31.6 Å². The van der Waals surface area contributed by atoms with Crippen LogP contribution in [-0.4, -0.2) is 96.7 Å². The van der Waals surface area contributed by atoms with Crippen LogP contribution in [0.5, 0.6) is 0 Å². The van der Waals surface area contributed by atoms with Gasteiger partial charge >= 0.3 is 39.5 Å². The highest BCUT2D eigenvalue weighted by Gasteiger charge is 2.30. The number of carbonyl (C=O) groups is 4. The molecule has 17 nitrogen and oxygen atoms in total. The first kappa shape index (κ1) is 97.1. The normalized spacial score (nSPS) is 14.0. The number of carbonyl (C=O) groups excluding carboxylic acids is 4. The van der Waals surface area contributed by atoms with E-state index in [0.717, 1.165) is 108 Å². The predicted octanol–water partition coefficient (Wildman–Crippen LogP) is 23.7. The Morgan fingerprint density at radius 3 is 0.687 bits per heavy atom. The van der Waals surface area contributed by atoms with Crippen LogP contribution >= 0.6 is 15.6 Å². The van der Waals surface area contributed by atoms with Gasteiger partial charge in [0, 0.05) is 25.7 Å². The number of ether oxygens (including phenoxy) is 4. The molecule has 0 aromatic rings. The summed E-state index contributed by atoms with van der Waals surface area (Å²) in [4.78, 5) is 73.0. The molecule has 0 aromatic heterocycles. The maximum atomic E-state index is 13.1. The van der Waals surface area contributed by atoms with Crippen LogP contribution in [0.25, 0.3) is 0 Å². The number of esters is 4. The first-order valence-corrected chi connectivity index (χ1v) is 44.3. The molecule has 0 aliphatic rings. The van der Waals surface area contributed by atoms with E-state index in [9.17, 15) is 43.2 Å². The monoisotopic (exact) mass is 1450 g/mol. The molecular weight excluding hydrogens is 1290 g/mol. The zero-order valence-corrected chi connectivity index (χ0v) is 66.8. The van der Waals surface area contributed by atoms with E-state index in [-0.39, 0.29) is 25.7 Å². The van der Waals surface area contributed by atoms with Gasteiger partial charge in [-0.25, -0.2) is 9.13 Å². The van der Waals surface area contributed by atoms with Gasteiger partial charge in [-0.2, -0.15) is 0 Å². The van der Waals surface area contributed by atoms with Gasteiger partial charge in [0.2, 0.25) is 0 Å². The van der Waals surface area contributed by atoms with Crippen LogP contribution in [-0.2, 0) is 65.4 Å². The van der Waals surface area contributed by atoms with E-state index < -0.39 is 97.5 Å².